The minimum atomic E-state index is 0.226. The van der Waals surface area contributed by atoms with Gasteiger partial charge in [-0.15, -0.1) is 0 Å². The molecule has 0 atom stereocenters. The zero-order valence-corrected chi connectivity index (χ0v) is 18.7. The quantitative estimate of drug-likeness (QED) is 0.705. The predicted molar refractivity (Wildman–Crippen MR) is 114 cm³/mol. The van der Waals surface area contributed by atoms with Gasteiger partial charge in [-0.05, 0) is 75.0 Å². The standard InChI is InChI=1S/C24H42N2O2/c1-17(2)19-5-9-21(10-6-19)23(27)25-13-15-26(16-14-25)24(28)22-11-7-20(8-12-22)18(3)4/h17-22H,5-16H2,1-4H3. The fourth-order valence-electron chi connectivity index (χ4n) is 5.73. The van der Waals surface area contributed by atoms with Crippen molar-refractivity contribution in [2.45, 2.75) is 79.1 Å². The number of hydrogen-bond acceptors (Lipinski definition) is 2. The average molecular weight is 391 g/mol. The first kappa shape index (κ1) is 21.6. The third-order valence-corrected chi connectivity index (χ3v) is 8.03. The molecule has 0 aromatic heterocycles. The summed E-state index contributed by atoms with van der Waals surface area (Å²) in [6.07, 6.45) is 9.02. The molecule has 4 heteroatoms. The summed E-state index contributed by atoms with van der Waals surface area (Å²) in [6, 6.07) is 0. The van der Waals surface area contributed by atoms with E-state index >= 15 is 0 Å². The van der Waals surface area contributed by atoms with Crippen LogP contribution in [0.3, 0.4) is 0 Å². The van der Waals surface area contributed by atoms with Crippen LogP contribution >= 0.6 is 0 Å². The summed E-state index contributed by atoms with van der Waals surface area (Å²) in [5.74, 6) is 4.22. The largest absolute Gasteiger partial charge is 0.339 e. The molecule has 3 rings (SSSR count). The second kappa shape index (κ2) is 9.63. The van der Waals surface area contributed by atoms with E-state index in [9.17, 15) is 9.59 Å². The van der Waals surface area contributed by atoms with E-state index in [1.165, 1.54) is 25.7 Å². The van der Waals surface area contributed by atoms with Gasteiger partial charge in [0.05, 0.1) is 0 Å². The molecule has 1 heterocycles. The first-order chi connectivity index (χ1) is 13.4. The number of piperazine rings is 1. The molecule has 3 aliphatic rings. The topological polar surface area (TPSA) is 40.6 Å². The van der Waals surface area contributed by atoms with Crippen LogP contribution in [-0.2, 0) is 9.59 Å². The lowest BCUT2D eigenvalue weighted by Gasteiger charge is -2.40. The second-order valence-electron chi connectivity index (χ2n) is 10.4. The van der Waals surface area contributed by atoms with Crippen molar-refractivity contribution < 1.29 is 9.59 Å². The van der Waals surface area contributed by atoms with Crippen molar-refractivity contribution in [3.63, 3.8) is 0 Å². The molecule has 1 saturated heterocycles. The van der Waals surface area contributed by atoms with Gasteiger partial charge in [-0.3, -0.25) is 9.59 Å². The fraction of sp³-hybridized carbons (Fsp3) is 0.917. The number of carbonyl (C=O) groups is 2. The van der Waals surface area contributed by atoms with E-state index in [4.69, 9.17) is 0 Å². The Morgan fingerprint density at radius 3 is 1.11 bits per heavy atom. The number of rotatable bonds is 4. The van der Waals surface area contributed by atoms with Gasteiger partial charge in [0.1, 0.15) is 0 Å². The van der Waals surface area contributed by atoms with Crippen LogP contribution in [0.5, 0.6) is 0 Å². The van der Waals surface area contributed by atoms with Crippen LogP contribution < -0.4 is 0 Å². The Hall–Kier alpha value is -1.06. The maximum absolute atomic E-state index is 12.9. The van der Waals surface area contributed by atoms with Crippen molar-refractivity contribution in [3.8, 4) is 0 Å². The van der Waals surface area contributed by atoms with Gasteiger partial charge in [-0.1, -0.05) is 27.7 Å². The fourth-order valence-corrected chi connectivity index (χ4v) is 5.73. The molecule has 160 valence electrons. The summed E-state index contributed by atoms with van der Waals surface area (Å²) in [4.78, 5) is 29.9. The van der Waals surface area contributed by atoms with E-state index < -0.39 is 0 Å². The van der Waals surface area contributed by atoms with Crippen LogP contribution in [0.4, 0.5) is 0 Å². The van der Waals surface area contributed by atoms with Crippen molar-refractivity contribution in [3.05, 3.63) is 0 Å². The van der Waals surface area contributed by atoms with Crippen molar-refractivity contribution in [2.75, 3.05) is 26.2 Å². The Bertz CT molecular complexity index is 473. The monoisotopic (exact) mass is 390 g/mol. The summed E-state index contributed by atoms with van der Waals surface area (Å²) in [7, 11) is 0. The van der Waals surface area contributed by atoms with Crippen LogP contribution in [0.25, 0.3) is 0 Å². The Morgan fingerprint density at radius 1 is 0.571 bits per heavy atom. The van der Waals surface area contributed by atoms with Crippen molar-refractivity contribution >= 4 is 11.8 Å². The van der Waals surface area contributed by atoms with Crippen LogP contribution in [0.1, 0.15) is 79.1 Å². The van der Waals surface area contributed by atoms with Gasteiger partial charge in [0.2, 0.25) is 11.8 Å². The first-order valence-electron chi connectivity index (χ1n) is 11.9. The highest BCUT2D eigenvalue weighted by Crippen LogP contribution is 2.35. The van der Waals surface area contributed by atoms with Gasteiger partial charge in [0.25, 0.3) is 0 Å². The van der Waals surface area contributed by atoms with Crippen LogP contribution in [0, 0.1) is 35.5 Å². The summed E-state index contributed by atoms with van der Waals surface area (Å²) >= 11 is 0. The van der Waals surface area contributed by atoms with E-state index in [0.717, 1.165) is 75.5 Å². The van der Waals surface area contributed by atoms with Gasteiger partial charge >= 0.3 is 0 Å². The lowest BCUT2D eigenvalue weighted by atomic mass is 9.76. The second-order valence-corrected chi connectivity index (χ2v) is 10.4. The Kier molecular flexibility index (Phi) is 7.44. The molecule has 0 unspecified atom stereocenters. The molecular weight excluding hydrogens is 348 g/mol. The lowest BCUT2D eigenvalue weighted by molar-refractivity contribution is -0.145. The molecule has 3 fully saturated rings. The van der Waals surface area contributed by atoms with Gasteiger partial charge in [-0.25, -0.2) is 0 Å². The minimum absolute atomic E-state index is 0.226. The molecule has 0 aromatic carbocycles. The van der Waals surface area contributed by atoms with Gasteiger partial charge in [-0.2, -0.15) is 0 Å². The molecule has 0 radical (unpaired) electrons. The molecule has 0 aromatic rings. The number of carbonyl (C=O) groups excluding carboxylic acids is 2. The minimum Gasteiger partial charge on any atom is -0.339 e. The summed E-state index contributed by atoms with van der Waals surface area (Å²) < 4.78 is 0. The van der Waals surface area contributed by atoms with Crippen LogP contribution in [0.15, 0.2) is 0 Å². The zero-order valence-electron chi connectivity index (χ0n) is 18.7. The van der Waals surface area contributed by atoms with Gasteiger partial charge in [0.15, 0.2) is 0 Å². The predicted octanol–water partition coefficient (Wildman–Crippen LogP) is 4.58. The van der Waals surface area contributed by atoms with E-state index in [1.807, 2.05) is 9.80 Å². The molecule has 2 amide bonds. The summed E-state index contributed by atoms with van der Waals surface area (Å²) in [5.41, 5.74) is 0. The third kappa shape index (κ3) is 5.10. The van der Waals surface area contributed by atoms with Crippen molar-refractivity contribution in [1.29, 1.82) is 0 Å². The Balaban J connectivity index is 1.42. The van der Waals surface area contributed by atoms with E-state index in [2.05, 4.69) is 27.7 Å². The van der Waals surface area contributed by atoms with Crippen LogP contribution in [0.2, 0.25) is 0 Å². The molecule has 4 nitrogen and oxygen atoms in total. The van der Waals surface area contributed by atoms with Crippen molar-refractivity contribution in [1.82, 2.24) is 9.80 Å². The summed E-state index contributed by atoms with van der Waals surface area (Å²) in [6.45, 7) is 12.1. The molecule has 0 N–H and O–H groups in total. The number of amides is 2. The smallest absolute Gasteiger partial charge is 0.225 e. The number of nitrogens with zero attached hydrogens (tertiary/aromatic N) is 2. The van der Waals surface area contributed by atoms with E-state index in [0.29, 0.717) is 11.8 Å². The zero-order chi connectivity index (χ0) is 20.3. The molecule has 1 aliphatic heterocycles. The van der Waals surface area contributed by atoms with Crippen molar-refractivity contribution in [2.24, 2.45) is 35.5 Å². The molecule has 2 aliphatic carbocycles. The number of hydrogen-bond donors (Lipinski definition) is 0. The maximum atomic E-state index is 12.9. The molecule has 0 bridgehead atoms. The average Bonchev–Trinajstić information content (AvgIpc) is 2.73. The van der Waals surface area contributed by atoms with Gasteiger partial charge in [0, 0.05) is 38.0 Å². The lowest BCUT2D eigenvalue weighted by Crippen LogP contribution is -2.53. The van der Waals surface area contributed by atoms with E-state index in [1.54, 1.807) is 0 Å². The SMILES string of the molecule is CC(C)C1CCC(C(=O)N2CCN(C(=O)C3CCC(C(C)C)CC3)CC2)CC1. The van der Waals surface area contributed by atoms with Crippen LogP contribution in [-0.4, -0.2) is 47.8 Å². The highest BCUT2D eigenvalue weighted by Gasteiger charge is 2.35. The molecule has 0 spiro atoms. The molecule has 28 heavy (non-hydrogen) atoms. The maximum Gasteiger partial charge on any atom is 0.225 e. The normalized spacial score (nSPS) is 32.1. The Labute approximate surface area is 172 Å². The highest BCUT2D eigenvalue weighted by atomic mass is 16.2. The molecular formula is C24H42N2O2. The summed E-state index contributed by atoms with van der Waals surface area (Å²) in [5, 5.41) is 0. The first-order valence-corrected chi connectivity index (χ1v) is 11.9. The Morgan fingerprint density at radius 2 is 0.857 bits per heavy atom. The van der Waals surface area contributed by atoms with Gasteiger partial charge < -0.3 is 9.80 Å². The highest BCUT2D eigenvalue weighted by molar-refractivity contribution is 5.81. The van der Waals surface area contributed by atoms with E-state index in [-0.39, 0.29) is 11.8 Å². The third-order valence-electron chi connectivity index (χ3n) is 8.03. The molecule has 2 saturated carbocycles.